The van der Waals surface area contributed by atoms with Crippen LogP contribution in [0.1, 0.15) is 29.0 Å². The molecule has 1 unspecified atom stereocenters. The van der Waals surface area contributed by atoms with Gasteiger partial charge in [-0.15, -0.1) is 11.3 Å². The number of nitrogens with zero attached hydrogens (tertiary/aromatic N) is 1. The first-order valence-electron chi connectivity index (χ1n) is 10.8. The SMILES string of the molecule is O=C(CCC1Cc2ccccc2NC1=O)Nc1ccc(Cc2nc3ccccc3s2)cc1. The predicted molar refractivity (Wildman–Crippen MR) is 129 cm³/mol. The Balaban J connectivity index is 1.14. The topological polar surface area (TPSA) is 71.1 Å². The summed E-state index contributed by atoms with van der Waals surface area (Å²) in [4.78, 5) is 29.4. The number of anilines is 2. The summed E-state index contributed by atoms with van der Waals surface area (Å²) >= 11 is 1.71. The summed E-state index contributed by atoms with van der Waals surface area (Å²) in [7, 11) is 0. The molecule has 2 amide bonds. The van der Waals surface area contributed by atoms with Crippen molar-refractivity contribution in [1.29, 1.82) is 0 Å². The van der Waals surface area contributed by atoms with Crippen molar-refractivity contribution in [3.63, 3.8) is 0 Å². The van der Waals surface area contributed by atoms with Gasteiger partial charge in [-0.05, 0) is 54.3 Å². The van der Waals surface area contributed by atoms with Crippen LogP contribution in [0.4, 0.5) is 11.4 Å². The van der Waals surface area contributed by atoms with Gasteiger partial charge in [-0.2, -0.15) is 0 Å². The highest BCUT2D eigenvalue weighted by Gasteiger charge is 2.26. The van der Waals surface area contributed by atoms with Gasteiger partial charge in [-0.3, -0.25) is 9.59 Å². The third-order valence-electron chi connectivity index (χ3n) is 5.76. The molecule has 4 aromatic rings. The Morgan fingerprint density at radius 2 is 1.81 bits per heavy atom. The molecule has 0 fully saturated rings. The van der Waals surface area contributed by atoms with Gasteiger partial charge in [0.15, 0.2) is 0 Å². The zero-order valence-electron chi connectivity index (χ0n) is 17.5. The highest BCUT2D eigenvalue weighted by molar-refractivity contribution is 7.18. The van der Waals surface area contributed by atoms with Crippen LogP contribution in [0.3, 0.4) is 0 Å². The highest BCUT2D eigenvalue weighted by atomic mass is 32.1. The molecule has 0 saturated carbocycles. The molecule has 0 aliphatic carbocycles. The van der Waals surface area contributed by atoms with E-state index in [4.69, 9.17) is 0 Å². The monoisotopic (exact) mass is 441 g/mol. The van der Waals surface area contributed by atoms with Crippen LogP contribution < -0.4 is 10.6 Å². The Morgan fingerprint density at radius 3 is 2.66 bits per heavy atom. The van der Waals surface area contributed by atoms with Crippen LogP contribution in [0, 0.1) is 5.92 Å². The Morgan fingerprint density at radius 1 is 1.03 bits per heavy atom. The molecule has 2 heterocycles. The Bertz CT molecular complexity index is 1250. The lowest BCUT2D eigenvalue weighted by Gasteiger charge is -2.24. The van der Waals surface area contributed by atoms with Crippen molar-refractivity contribution in [2.24, 2.45) is 5.92 Å². The van der Waals surface area contributed by atoms with Crippen LogP contribution in [0.25, 0.3) is 10.2 Å². The summed E-state index contributed by atoms with van der Waals surface area (Å²) in [5.41, 5.74) is 4.96. The molecule has 2 N–H and O–H groups in total. The summed E-state index contributed by atoms with van der Waals surface area (Å²) in [5.74, 6) is -0.252. The van der Waals surface area contributed by atoms with E-state index in [0.717, 1.165) is 39.4 Å². The van der Waals surface area contributed by atoms with Crippen molar-refractivity contribution in [2.45, 2.75) is 25.7 Å². The summed E-state index contributed by atoms with van der Waals surface area (Å²) in [5, 5.41) is 6.97. The molecule has 5 rings (SSSR count). The van der Waals surface area contributed by atoms with E-state index in [2.05, 4.69) is 21.7 Å². The van der Waals surface area contributed by atoms with Crippen LogP contribution in [-0.2, 0) is 22.4 Å². The van der Waals surface area contributed by atoms with Crippen LogP contribution in [-0.4, -0.2) is 16.8 Å². The van der Waals surface area contributed by atoms with Gasteiger partial charge < -0.3 is 10.6 Å². The molecule has 1 atom stereocenters. The highest BCUT2D eigenvalue weighted by Crippen LogP contribution is 2.28. The molecule has 0 spiro atoms. The van der Waals surface area contributed by atoms with E-state index in [1.165, 1.54) is 4.70 Å². The van der Waals surface area contributed by atoms with E-state index < -0.39 is 0 Å². The zero-order chi connectivity index (χ0) is 21.9. The molecular weight excluding hydrogens is 418 g/mol. The number of hydrogen-bond donors (Lipinski definition) is 2. The number of amides is 2. The average Bonchev–Trinajstić information content (AvgIpc) is 3.21. The first-order chi connectivity index (χ1) is 15.6. The van der Waals surface area contributed by atoms with E-state index in [0.29, 0.717) is 19.3 Å². The summed E-state index contributed by atoms with van der Waals surface area (Å²) in [6, 6.07) is 23.9. The second kappa shape index (κ2) is 8.93. The molecule has 5 nitrogen and oxygen atoms in total. The fraction of sp³-hybridized carbons (Fsp3) is 0.192. The summed E-state index contributed by atoms with van der Waals surface area (Å²) < 4.78 is 1.20. The zero-order valence-corrected chi connectivity index (χ0v) is 18.3. The molecule has 1 aromatic heterocycles. The van der Waals surface area contributed by atoms with Gasteiger partial charge >= 0.3 is 0 Å². The standard InChI is InChI=1S/C26H23N3O2S/c30-24(14-11-19-16-18-5-1-2-6-21(18)29-26(19)31)27-20-12-9-17(10-13-20)15-25-28-22-7-3-4-8-23(22)32-25/h1-10,12-13,19H,11,14-16H2,(H,27,30)(H,29,31). The lowest BCUT2D eigenvalue weighted by molar-refractivity contribution is -0.121. The Labute approximate surface area is 190 Å². The van der Waals surface area contributed by atoms with E-state index >= 15 is 0 Å². The van der Waals surface area contributed by atoms with Crippen molar-refractivity contribution in [3.8, 4) is 0 Å². The normalized spacial score (nSPS) is 15.2. The van der Waals surface area contributed by atoms with Gasteiger partial charge in [0.1, 0.15) is 0 Å². The molecule has 32 heavy (non-hydrogen) atoms. The van der Waals surface area contributed by atoms with E-state index in [1.54, 1.807) is 11.3 Å². The number of thiazole rings is 1. The van der Waals surface area contributed by atoms with E-state index in [1.807, 2.05) is 66.7 Å². The second-order valence-electron chi connectivity index (χ2n) is 8.08. The van der Waals surface area contributed by atoms with Crippen LogP contribution in [0.5, 0.6) is 0 Å². The lowest BCUT2D eigenvalue weighted by Crippen LogP contribution is -2.30. The minimum absolute atomic E-state index is 0.00398. The van der Waals surface area contributed by atoms with Gasteiger partial charge in [-0.1, -0.05) is 42.5 Å². The van der Waals surface area contributed by atoms with Gasteiger partial charge in [0.2, 0.25) is 11.8 Å². The van der Waals surface area contributed by atoms with Crippen LogP contribution in [0.2, 0.25) is 0 Å². The first kappa shape index (κ1) is 20.4. The number of hydrogen-bond acceptors (Lipinski definition) is 4. The molecule has 6 heteroatoms. The smallest absolute Gasteiger partial charge is 0.227 e. The Kier molecular flexibility index (Phi) is 5.69. The van der Waals surface area contributed by atoms with Crippen molar-refractivity contribution >= 4 is 44.7 Å². The summed E-state index contributed by atoms with van der Waals surface area (Å²) in [6.45, 7) is 0. The minimum atomic E-state index is -0.174. The number of carbonyl (C=O) groups excluding carboxylic acids is 2. The average molecular weight is 442 g/mol. The lowest BCUT2D eigenvalue weighted by atomic mass is 9.89. The van der Waals surface area contributed by atoms with Crippen molar-refractivity contribution < 1.29 is 9.59 Å². The number of carbonyl (C=O) groups is 2. The maximum Gasteiger partial charge on any atom is 0.227 e. The van der Waals surface area contributed by atoms with Crippen molar-refractivity contribution in [3.05, 3.63) is 88.9 Å². The first-order valence-corrected chi connectivity index (χ1v) is 11.6. The van der Waals surface area contributed by atoms with E-state index in [-0.39, 0.29) is 17.7 Å². The number of nitrogens with one attached hydrogen (secondary N) is 2. The molecule has 1 aliphatic heterocycles. The summed E-state index contributed by atoms with van der Waals surface area (Å²) in [6.07, 6.45) is 2.29. The van der Waals surface area contributed by atoms with Gasteiger partial charge in [-0.25, -0.2) is 4.98 Å². The van der Waals surface area contributed by atoms with Gasteiger partial charge in [0, 0.05) is 30.1 Å². The number of fused-ring (bicyclic) bond motifs is 2. The molecule has 0 radical (unpaired) electrons. The van der Waals surface area contributed by atoms with Crippen LogP contribution in [0.15, 0.2) is 72.8 Å². The fourth-order valence-corrected chi connectivity index (χ4v) is 5.05. The largest absolute Gasteiger partial charge is 0.326 e. The van der Waals surface area contributed by atoms with Gasteiger partial charge in [0.05, 0.1) is 15.2 Å². The number of para-hydroxylation sites is 2. The molecule has 3 aromatic carbocycles. The number of aromatic nitrogens is 1. The third-order valence-corrected chi connectivity index (χ3v) is 6.80. The molecule has 0 saturated heterocycles. The fourth-order valence-electron chi connectivity index (χ4n) is 4.05. The molecule has 160 valence electrons. The van der Waals surface area contributed by atoms with E-state index in [9.17, 15) is 9.59 Å². The Hall–Kier alpha value is -3.51. The van der Waals surface area contributed by atoms with Crippen molar-refractivity contribution in [2.75, 3.05) is 10.6 Å². The molecule has 0 bridgehead atoms. The van der Waals surface area contributed by atoms with Crippen molar-refractivity contribution in [1.82, 2.24) is 4.98 Å². The minimum Gasteiger partial charge on any atom is -0.326 e. The third kappa shape index (κ3) is 4.55. The maximum atomic E-state index is 12.4. The second-order valence-corrected chi connectivity index (χ2v) is 9.20. The van der Waals surface area contributed by atoms with Crippen LogP contribution >= 0.6 is 11.3 Å². The molecular formula is C26H23N3O2S. The molecule has 1 aliphatic rings. The predicted octanol–water partition coefficient (Wildman–Crippen LogP) is 5.42. The van der Waals surface area contributed by atoms with Gasteiger partial charge in [0.25, 0.3) is 0 Å². The number of benzene rings is 3. The maximum absolute atomic E-state index is 12.4. The number of rotatable bonds is 6. The quantitative estimate of drug-likeness (QED) is 0.420.